The molecule has 1 saturated carbocycles. The van der Waals surface area contributed by atoms with Crippen LogP contribution in [0.15, 0.2) is 12.1 Å². The summed E-state index contributed by atoms with van der Waals surface area (Å²) in [5.74, 6) is 0.953. The summed E-state index contributed by atoms with van der Waals surface area (Å²) in [5.41, 5.74) is 1.99. The first-order valence-electron chi connectivity index (χ1n) is 6.07. The zero-order chi connectivity index (χ0) is 12.6. The van der Waals surface area contributed by atoms with Crippen molar-refractivity contribution in [3.8, 4) is 0 Å². The zero-order valence-electron chi connectivity index (χ0n) is 10.6. The molecule has 88 valence electrons. The van der Waals surface area contributed by atoms with Gasteiger partial charge in [0, 0.05) is 11.6 Å². The molecule has 0 aliphatic heterocycles. The molecular formula is C13H17BN2O. The fourth-order valence-corrected chi connectivity index (χ4v) is 1.84. The van der Waals surface area contributed by atoms with Gasteiger partial charge in [-0.3, -0.25) is 4.79 Å². The average Bonchev–Trinajstić information content (AvgIpc) is 3.10. The molecule has 1 fully saturated rings. The van der Waals surface area contributed by atoms with E-state index in [9.17, 15) is 4.79 Å². The van der Waals surface area contributed by atoms with Crippen LogP contribution in [0.3, 0.4) is 0 Å². The quantitative estimate of drug-likeness (QED) is 0.744. The Morgan fingerprint density at radius 3 is 2.65 bits per heavy atom. The molecule has 2 rings (SSSR count). The highest BCUT2D eigenvalue weighted by Gasteiger charge is 2.29. The first kappa shape index (κ1) is 12.2. The molecule has 0 aromatic carbocycles. The van der Waals surface area contributed by atoms with E-state index in [0.29, 0.717) is 11.7 Å². The molecule has 1 aliphatic carbocycles. The second-order valence-electron chi connectivity index (χ2n) is 5.00. The predicted octanol–water partition coefficient (Wildman–Crippen LogP) is 2.34. The third-order valence-corrected chi connectivity index (χ3v) is 3.02. The van der Waals surface area contributed by atoms with E-state index in [1.54, 1.807) is 0 Å². The molecule has 1 amide bonds. The maximum absolute atomic E-state index is 11.9. The normalized spacial score (nSPS) is 15.1. The largest absolute Gasteiger partial charge is 0.354 e. The summed E-state index contributed by atoms with van der Waals surface area (Å²) in [5, 5.41) is 0. The standard InChI is InChI=1S/C13H17BN2O/c1-8(2)13(17)16(14)12-11(10-5-6-10)7-4-9(3)15-12/h4,7-8,10H,5-6H2,1-3H3. The van der Waals surface area contributed by atoms with E-state index < -0.39 is 0 Å². The first-order valence-corrected chi connectivity index (χ1v) is 6.07. The number of aromatic nitrogens is 1. The number of carbonyl (C=O) groups excluding carboxylic acids is 1. The molecule has 0 saturated heterocycles. The number of hydrogen-bond acceptors (Lipinski definition) is 2. The van der Waals surface area contributed by atoms with Crippen LogP contribution in [0.25, 0.3) is 0 Å². The molecule has 0 N–H and O–H groups in total. The lowest BCUT2D eigenvalue weighted by atomic mass is 10.1. The fraction of sp³-hybridized carbons (Fsp3) is 0.538. The van der Waals surface area contributed by atoms with Crippen LogP contribution >= 0.6 is 0 Å². The van der Waals surface area contributed by atoms with Gasteiger partial charge in [0.15, 0.2) is 0 Å². The minimum absolute atomic E-state index is 0.0926. The lowest BCUT2D eigenvalue weighted by Gasteiger charge is -2.22. The summed E-state index contributed by atoms with van der Waals surface area (Å²) in [7, 11) is 5.90. The first-order chi connectivity index (χ1) is 8.00. The van der Waals surface area contributed by atoms with Crippen LogP contribution in [0.1, 0.15) is 43.9 Å². The van der Waals surface area contributed by atoms with Gasteiger partial charge in [-0.1, -0.05) is 19.9 Å². The van der Waals surface area contributed by atoms with Crippen LogP contribution in [0, 0.1) is 12.8 Å². The van der Waals surface area contributed by atoms with Gasteiger partial charge in [0.05, 0.1) is 0 Å². The van der Waals surface area contributed by atoms with Gasteiger partial charge in [0.25, 0.3) is 0 Å². The van der Waals surface area contributed by atoms with Crippen molar-refractivity contribution in [3.63, 3.8) is 0 Å². The van der Waals surface area contributed by atoms with Gasteiger partial charge in [0.1, 0.15) is 5.82 Å². The number of aryl methyl sites for hydroxylation is 1. The van der Waals surface area contributed by atoms with E-state index in [0.717, 1.165) is 11.3 Å². The Bertz CT molecular complexity index is 441. The number of carbonyl (C=O) groups is 1. The van der Waals surface area contributed by atoms with Crippen molar-refractivity contribution in [1.29, 1.82) is 0 Å². The van der Waals surface area contributed by atoms with Gasteiger partial charge in [-0.15, -0.1) is 0 Å². The second-order valence-corrected chi connectivity index (χ2v) is 5.00. The number of nitrogens with zero attached hydrogens (tertiary/aromatic N) is 2. The van der Waals surface area contributed by atoms with Crippen LogP contribution in [0.4, 0.5) is 5.82 Å². The molecule has 1 aromatic heterocycles. The van der Waals surface area contributed by atoms with Gasteiger partial charge in [-0.05, 0) is 37.3 Å². The van der Waals surface area contributed by atoms with E-state index in [2.05, 4.69) is 4.98 Å². The highest BCUT2D eigenvalue weighted by Crippen LogP contribution is 2.43. The van der Waals surface area contributed by atoms with Gasteiger partial charge in [-0.25, -0.2) is 4.98 Å². The zero-order valence-corrected chi connectivity index (χ0v) is 10.6. The van der Waals surface area contributed by atoms with E-state index in [4.69, 9.17) is 7.98 Å². The Hall–Kier alpha value is -1.32. The molecule has 1 aromatic rings. The molecule has 4 heteroatoms. The smallest absolute Gasteiger partial charge is 0.240 e. The Morgan fingerprint density at radius 1 is 1.47 bits per heavy atom. The van der Waals surface area contributed by atoms with Crippen molar-refractivity contribution in [2.75, 3.05) is 4.81 Å². The summed E-state index contributed by atoms with van der Waals surface area (Å²) in [6, 6.07) is 4.02. The van der Waals surface area contributed by atoms with Crippen LogP contribution in [0.5, 0.6) is 0 Å². The maximum atomic E-state index is 11.9. The molecule has 2 radical (unpaired) electrons. The SMILES string of the molecule is [B]N(C(=O)C(C)C)c1nc(C)ccc1C1CC1. The van der Waals surface area contributed by atoms with Gasteiger partial charge in [-0.2, -0.15) is 0 Å². The molecule has 1 aliphatic rings. The van der Waals surface area contributed by atoms with Crippen molar-refractivity contribution in [1.82, 2.24) is 4.98 Å². The molecule has 17 heavy (non-hydrogen) atoms. The van der Waals surface area contributed by atoms with Gasteiger partial charge < -0.3 is 4.81 Å². The average molecular weight is 228 g/mol. The topological polar surface area (TPSA) is 33.2 Å². The maximum Gasteiger partial charge on any atom is 0.240 e. The number of hydrogen-bond donors (Lipinski definition) is 0. The lowest BCUT2D eigenvalue weighted by molar-refractivity contribution is -0.120. The van der Waals surface area contributed by atoms with Crippen molar-refractivity contribution < 1.29 is 4.79 Å². The van der Waals surface area contributed by atoms with Crippen molar-refractivity contribution >= 4 is 19.7 Å². The third kappa shape index (κ3) is 2.51. The Kier molecular flexibility index (Phi) is 3.23. The molecule has 1 heterocycles. The van der Waals surface area contributed by atoms with Crippen LogP contribution < -0.4 is 4.81 Å². The predicted molar refractivity (Wildman–Crippen MR) is 69.0 cm³/mol. The summed E-state index contributed by atoms with van der Waals surface area (Å²) in [6.45, 7) is 5.59. The van der Waals surface area contributed by atoms with Crippen LogP contribution in [-0.4, -0.2) is 18.9 Å². The number of rotatable bonds is 3. The van der Waals surface area contributed by atoms with E-state index in [-0.39, 0.29) is 11.8 Å². The highest BCUT2D eigenvalue weighted by molar-refractivity contribution is 6.31. The lowest BCUT2D eigenvalue weighted by Crippen LogP contribution is -2.33. The summed E-state index contributed by atoms with van der Waals surface area (Å²) in [6.07, 6.45) is 2.34. The number of anilines is 1. The minimum Gasteiger partial charge on any atom is -0.354 e. The summed E-state index contributed by atoms with van der Waals surface area (Å²) < 4.78 is 0. The second kappa shape index (κ2) is 4.51. The Morgan fingerprint density at radius 2 is 2.12 bits per heavy atom. The van der Waals surface area contributed by atoms with Crippen molar-refractivity contribution in [2.24, 2.45) is 5.92 Å². The molecule has 0 unspecified atom stereocenters. The van der Waals surface area contributed by atoms with Crippen LogP contribution in [-0.2, 0) is 4.79 Å². The number of amides is 1. The third-order valence-electron chi connectivity index (χ3n) is 3.02. The highest BCUT2D eigenvalue weighted by atomic mass is 16.2. The van der Waals surface area contributed by atoms with Crippen molar-refractivity contribution in [3.05, 3.63) is 23.4 Å². The molecule has 3 nitrogen and oxygen atoms in total. The van der Waals surface area contributed by atoms with Crippen molar-refractivity contribution in [2.45, 2.75) is 39.5 Å². The Balaban J connectivity index is 2.35. The van der Waals surface area contributed by atoms with E-state index in [1.807, 2.05) is 32.9 Å². The van der Waals surface area contributed by atoms with Gasteiger partial charge in [0.2, 0.25) is 13.9 Å². The fourth-order valence-electron chi connectivity index (χ4n) is 1.84. The number of pyridine rings is 1. The Labute approximate surface area is 104 Å². The summed E-state index contributed by atoms with van der Waals surface area (Å²) in [4.78, 5) is 17.5. The molecule has 0 bridgehead atoms. The minimum atomic E-state index is -0.116. The van der Waals surface area contributed by atoms with E-state index >= 15 is 0 Å². The molecular weight excluding hydrogens is 211 g/mol. The summed E-state index contributed by atoms with van der Waals surface area (Å²) >= 11 is 0. The van der Waals surface area contributed by atoms with Gasteiger partial charge >= 0.3 is 0 Å². The molecule has 0 spiro atoms. The van der Waals surface area contributed by atoms with Crippen LogP contribution in [0.2, 0.25) is 0 Å². The monoisotopic (exact) mass is 228 g/mol. The molecule has 0 atom stereocenters. The van der Waals surface area contributed by atoms with E-state index in [1.165, 1.54) is 17.7 Å².